The van der Waals surface area contributed by atoms with E-state index in [4.69, 9.17) is 4.74 Å². The first-order valence-corrected chi connectivity index (χ1v) is 7.71. The van der Waals surface area contributed by atoms with Gasteiger partial charge in [0.25, 0.3) is 0 Å². The van der Waals surface area contributed by atoms with Crippen LogP contribution in [0.2, 0.25) is 0 Å². The second-order valence-electron chi connectivity index (χ2n) is 6.06. The molecule has 1 saturated carbocycles. The van der Waals surface area contributed by atoms with Gasteiger partial charge in [-0.1, -0.05) is 18.2 Å². The van der Waals surface area contributed by atoms with Crippen molar-refractivity contribution >= 4 is 11.9 Å². The first-order chi connectivity index (χ1) is 10.1. The summed E-state index contributed by atoms with van der Waals surface area (Å²) < 4.78 is 5.50. The second-order valence-corrected chi connectivity index (χ2v) is 6.06. The Labute approximate surface area is 125 Å². The molecule has 4 heteroatoms. The van der Waals surface area contributed by atoms with E-state index in [1.807, 2.05) is 36.1 Å². The molecule has 4 nitrogen and oxygen atoms in total. The topological polar surface area (TPSA) is 46.6 Å². The van der Waals surface area contributed by atoms with Gasteiger partial charge >= 0.3 is 5.97 Å². The molecule has 112 valence electrons. The van der Waals surface area contributed by atoms with E-state index >= 15 is 0 Å². The van der Waals surface area contributed by atoms with Crippen LogP contribution in [0.5, 0.6) is 5.75 Å². The highest BCUT2D eigenvalue weighted by molar-refractivity contribution is 5.81. The predicted octanol–water partition coefficient (Wildman–Crippen LogP) is 2.55. The van der Waals surface area contributed by atoms with Crippen LogP contribution in [0.25, 0.3) is 0 Å². The van der Waals surface area contributed by atoms with Crippen molar-refractivity contribution < 1.29 is 14.3 Å². The van der Waals surface area contributed by atoms with Crippen LogP contribution in [0, 0.1) is 18.8 Å². The number of para-hydroxylation sites is 1. The number of aryl methyl sites for hydroxylation is 1. The van der Waals surface area contributed by atoms with Crippen LogP contribution < -0.4 is 4.74 Å². The van der Waals surface area contributed by atoms with E-state index in [1.54, 1.807) is 0 Å². The number of likely N-dealkylation sites (tertiary alicyclic amines) is 1. The van der Waals surface area contributed by atoms with Crippen molar-refractivity contribution in [1.82, 2.24) is 4.90 Å². The molecule has 0 spiro atoms. The van der Waals surface area contributed by atoms with Crippen molar-refractivity contribution in [2.24, 2.45) is 11.8 Å². The van der Waals surface area contributed by atoms with Crippen molar-refractivity contribution in [1.29, 1.82) is 0 Å². The minimum Gasteiger partial charge on any atom is -0.426 e. The normalized spacial score (nSPS) is 19.4. The Morgan fingerprint density at radius 2 is 1.71 bits per heavy atom. The maximum atomic E-state index is 12.2. The number of benzene rings is 1. The molecule has 2 fully saturated rings. The molecule has 2 aliphatic rings. The number of hydrogen-bond donors (Lipinski definition) is 0. The molecule has 0 atom stereocenters. The van der Waals surface area contributed by atoms with E-state index in [2.05, 4.69) is 0 Å². The molecular weight excluding hydrogens is 266 g/mol. The summed E-state index contributed by atoms with van der Waals surface area (Å²) in [6, 6.07) is 7.54. The van der Waals surface area contributed by atoms with Crippen LogP contribution in [0.15, 0.2) is 24.3 Å². The summed E-state index contributed by atoms with van der Waals surface area (Å²) in [6.07, 6.45) is 3.49. The van der Waals surface area contributed by atoms with Crippen LogP contribution in [0.3, 0.4) is 0 Å². The van der Waals surface area contributed by atoms with Crippen molar-refractivity contribution in [2.45, 2.75) is 32.6 Å². The summed E-state index contributed by atoms with van der Waals surface area (Å²) in [5.74, 6) is 0.927. The average Bonchev–Trinajstić information content (AvgIpc) is 3.34. The highest BCUT2D eigenvalue weighted by atomic mass is 16.5. The molecule has 1 aromatic carbocycles. The van der Waals surface area contributed by atoms with Crippen molar-refractivity contribution in [3.63, 3.8) is 0 Å². The third-order valence-electron chi connectivity index (χ3n) is 4.37. The summed E-state index contributed by atoms with van der Waals surface area (Å²) in [5.41, 5.74) is 0.965. The summed E-state index contributed by atoms with van der Waals surface area (Å²) in [5, 5.41) is 0. The molecule has 0 unspecified atom stereocenters. The van der Waals surface area contributed by atoms with Gasteiger partial charge in [0.05, 0.1) is 5.92 Å². The van der Waals surface area contributed by atoms with Gasteiger partial charge in [0.1, 0.15) is 5.75 Å². The van der Waals surface area contributed by atoms with Crippen molar-refractivity contribution in [2.75, 3.05) is 13.1 Å². The lowest BCUT2D eigenvalue weighted by Gasteiger charge is -2.31. The second kappa shape index (κ2) is 5.88. The fraction of sp³-hybridized carbons (Fsp3) is 0.529. The van der Waals surface area contributed by atoms with Gasteiger partial charge in [0.15, 0.2) is 0 Å². The van der Waals surface area contributed by atoms with E-state index in [0.29, 0.717) is 31.7 Å². The smallest absolute Gasteiger partial charge is 0.314 e. The van der Waals surface area contributed by atoms with E-state index in [9.17, 15) is 9.59 Å². The fourth-order valence-corrected chi connectivity index (χ4v) is 2.79. The lowest BCUT2D eigenvalue weighted by molar-refractivity contribution is -0.143. The highest BCUT2D eigenvalue weighted by Gasteiger charge is 2.36. The zero-order chi connectivity index (χ0) is 14.8. The number of ether oxygens (including phenoxy) is 1. The molecule has 1 heterocycles. The number of hydrogen-bond acceptors (Lipinski definition) is 3. The zero-order valence-electron chi connectivity index (χ0n) is 12.4. The molecule has 0 N–H and O–H groups in total. The Morgan fingerprint density at radius 3 is 2.33 bits per heavy atom. The molecule has 1 amide bonds. The number of carbonyl (C=O) groups excluding carboxylic acids is 2. The van der Waals surface area contributed by atoms with Crippen molar-refractivity contribution in [3.05, 3.63) is 29.8 Å². The number of rotatable bonds is 3. The van der Waals surface area contributed by atoms with Gasteiger partial charge in [0, 0.05) is 19.0 Å². The molecule has 1 saturated heterocycles. The largest absolute Gasteiger partial charge is 0.426 e. The Morgan fingerprint density at radius 1 is 1.05 bits per heavy atom. The summed E-state index contributed by atoms with van der Waals surface area (Å²) in [7, 11) is 0. The number of amides is 1. The lowest BCUT2D eigenvalue weighted by Crippen LogP contribution is -2.41. The first kappa shape index (κ1) is 14.1. The fourth-order valence-electron chi connectivity index (χ4n) is 2.79. The lowest BCUT2D eigenvalue weighted by atomic mass is 9.96. The molecule has 3 rings (SSSR count). The predicted molar refractivity (Wildman–Crippen MR) is 78.8 cm³/mol. The number of piperidine rings is 1. The van der Waals surface area contributed by atoms with Gasteiger partial charge in [-0.3, -0.25) is 9.59 Å². The molecular formula is C17H21NO3. The molecule has 1 aliphatic carbocycles. The third-order valence-corrected chi connectivity index (χ3v) is 4.37. The first-order valence-electron chi connectivity index (χ1n) is 7.71. The minimum atomic E-state index is -0.164. The maximum Gasteiger partial charge on any atom is 0.314 e. The number of esters is 1. The zero-order valence-corrected chi connectivity index (χ0v) is 12.4. The number of nitrogens with zero attached hydrogens (tertiary/aromatic N) is 1. The monoisotopic (exact) mass is 287 g/mol. The molecule has 0 radical (unpaired) electrons. The Bertz CT molecular complexity index is 543. The maximum absolute atomic E-state index is 12.2. The van der Waals surface area contributed by atoms with Crippen LogP contribution in [-0.2, 0) is 9.59 Å². The van der Waals surface area contributed by atoms with E-state index in [0.717, 1.165) is 18.4 Å². The van der Waals surface area contributed by atoms with E-state index < -0.39 is 0 Å². The average molecular weight is 287 g/mol. The van der Waals surface area contributed by atoms with Crippen LogP contribution >= 0.6 is 0 Å². The third kappa shape index (κ3) is 3.26. The van der Waals surface area contributed by atoms with Gasteiger partial charge in [-0.15, -0.1) is 0 Å². The molecule has 1 aromatic rings. The quantitative estimate of drug-likeness (QED) is 0.634. The van der Waals surface area contributed by atoms with Crippen molar-refractivity contribution in [3.8, 4) is 5.75 Å². The van der Waals surface area contributed by atoms with Crippen LogP contribution in [0.1, 0.15) is 31.2 Å². The number of carbonyl (C=O) groups is 2. The van der Waals surface area contributed by atoms with Crippen LogP contribution in [0.4, 0.5) is 0 Å². The highest BCUT2D eigenvalue weighted by Crippen LogP contribution is 2.32. The molecule has 0 aromatic heterocycles. The minimum absolute atomic E-state index is 0.0899. The molecule has 21 heavy (non-hydrogen) atoms. The molecule has 1 aliphatic heterocycles. The van der Waals surface area contributed by atoms with Gasteiger partial charge in [-0.05, 0) is 44.2 Å². The Kier molecular flexibility index (Phi) is 3.95. The standard InChI is InChI=1S/C17H21NO3/c1-12-4-2-3-5-15(12)21-17(20)14-8-10-18(11-9-14)16(19)13-6-7-13/h2-5,13-14H,6-11H2,1H3. The van der Waals surface area contributed by atoms with E-state index in [1.165, 1.54) is 0 Å². The Balaban J connectivity index is 1.53. The van der Waals surface area contributed by atoms with Crippen LogP contribution in [-0.4, -0.2) is 29.9 Å². The SMILES string of the molecule is Cc1ccccc1OC(=O)C1CCN(C(=O)C2CC2)CC1. The summed E-state index contributed by atoms with van der Waals surface area (Å²) in [4.78, 5) is 26.1. The van der Waals surface area contributed by atoms with Gasteiger partial charge < -0.3 is 9.64 Å². The molecule has 0 bridgehead atoms. The summed E-state index contributed by atoms with van der Waals surface area (Å²) >= 11 is 0. The summed E-state index contributed by atoms with van der Waals surface area (Å²) in [6.45, 7) is 3.30. The van der Waals surface area contributed by atoms with Gasteiger partial charge in [-0.25, -0.2) is 0 Å². The van der Waals surface area contributed by atoms with Gasteiger partial charge in [0.2, 0.25) is 5.91 Å². The van der Waals surface area contributed by atoms with E-state index in [-0.39, 0.29) is 23.7 Å². The van der Waals surface area contributed by atoms with Gasteiger partial charge in [-0.2, -0.15) is 0 Å². The Hall–Kier alpha value is -1.84.